The van der Waals surface area contributed by atoms with Crippen LogP contribution in [0.1, 0.15) is 22.7 Å². The minimum absolute atomic E-state index is 0.0980. The number of aryl methyl sites for hydroxylation is 1. The molecule has 0 fully saturated rings. The Morgan fingerprint density at radius 1 is 1.11 bits per heavy atom. The summed E-state index contributed by atoms with van der Waals surface area (Å²) in [4.78, 5) is 27.6. The van der Waals surface area contributed by atoms with E-state index in [-0.39, 0.29) is 41.9 Å². The molecule has 0 radical (unpaired) electrons. The summed E-state index contributed by atoms with van der Waals surface area (Å²) in [6.07, 6.45) is 1.65. The van der Waals surface area contributed by atoms with Gasteiger partial charge in [0.05, 0.1) is 11.8 Å². The second-order valence-electron chi connectivity index (χ2n) is 5.95. The fourth-order valence-corrected chi connectivity index (χ4v) is 2.53. The maximum atomic E-state index is 13.8. The van der Waals surface area contributed by atoms with Crippen LogP contribution in [0.2, 0.25) is 0 Å². The van der Waals surface area contributed by atoms with Crippen molar-refractivity contribution in [3.05, 3.63) is 71.8 Å². The van der Waals surface area contributed by atoms with Crippen molar-refractivity contribution >= 4 is 17.5 Å². The normalized spacial score (nSPS) is 10.5. The largest absolute Gasteiger partial charge is 0.441 e. The van der Waals surface area contributed by atoms with E-state index in [0.717, 1.165) is 12.1 Å². The van der Waals surface area contributed by atoms with Crippen molar-refractivity contribution in [3.63, 3.8) is 0 Å². The number of nitrogens with one attached hydrogen (secondary N) is 2. The highest BCUT2D eigenvalue weighted by Crippen LogP contribution is 2.24. The van der Waals surface area contributed by atoms with E-state index >= 15 is 0 Å². The van der Waals surface area contributed by atoms with Crippen molar-refractivity contribution in [1.29, 1.82) is 0 Å². The lowest BCUT2D eigenvalue weighted by Crippen LogP contribution is -2.18. The fraction of sp³-hybridized carbons (Fsp3) is 0.150. The first-order chi connectivity index (χ1) is 13.5. The van der Waals surface area contributed by atoms with Crippen molar-refractivity contribution in [3.8, 4) is 11.3 Å². The predicted octanol–water partition coefficient (Wildman–Crippen LogP) is 3.55. The molecule has 3 rings (SSSR count). The quantitative estimate of drug-likeness (QED) is 0.680. The van der Waals surface area contributed by atoms with Crippen molar-refractivity contribution in [2.75, 3.05) is 12.4 Å². The molecule has 3 aromatic rings. The molecule has 8 heteroatoms. The molecule has 144 valence electrons. The number of halogens is 2. The van der Waals surface area contributed by atoms with Gasteiger partial charge in [-0.1, -0.05) is 0 Å². The fourth-order valence-electron chi connectivity index (χ4n) is 2.53. The Kier molecular flexibility index (Phi) is 5.78. The van der Waals surface area contributed by atoms with Crippen molar-refractivity contribution in [2.24, 2.45) is 0 Å². The van der Waals surface area contributed by atoms with Crippen LogP contribution in [-0.4, -0.2) is 23.8 Å². The van der Waals surface area contributed by atoms with Gasteiger partial charge in [-0.15, -0.1) is 0 Å². The lowest BCUT2D eigenvalue weighted by atomic mass is 10.2. The summed E-state index contributed by atoms with van der Waals surface area (Å²) >= 11 is 0. The molecule has 0 spiro atoms. The van der Waals surface area contributed by atoms with Gasteiger partial charge in [-0.25, -0.2) is 13.8 Å². The highest BCUT2D eigenvalue weighted by Gasteiger charge is 2.13. The molecule has 0 bridgehead atoms. The molecular weight excluding hydrogens is 368 g/mol. The third kappa shape index (κ3) is 4.59. The average molecular weight is 385 g/mol. The van der Waals surface area contributed by atoms with Crippen LogP contribution in [-0.2, 0) is 11.2 Å². The van der Waals surface area contributed by atoms with Crippen LogP contribution in [0.3, 0.4) is 0 Å². The van der Waals surface area contributed by atoms with Gasteiger partial charge in [-0.3, -0.25) is 9.59 Å². The monoisotopic (exact) mass is 385 g/mol. The van der Waals surface area contributed by atoms with E-state index in [4.69, 9.17) is 4.42 Å². The van der Waals surface area contributed by atoms with Crippen molar-refractivity contribution in [2.45, 2.75) is 12.8 Å². The van der Waals surface area contributed by atoms with E-state index < -0.39 is 11.6 Å². The van der Waals surface area contributed by atoms with Gasteiger partial charge in [0.1, 0.15) is 11.6 Å². The Bertz CT molecular complexity index is 1000. The number of benzene rings is 2. The van der Waals surface area contributed by atoms with Gasteiger partial charge in [-0.2, -0.15) is 0 Å². The van der Waals surface area contributed by atoms with Gasteiger partial charge in [0.25, 0.3) is 5.91 Å². The van der Waals surface area contributed by atoms with Crippen molar-refractivity contribution < 1.29 is 22.8 Å². The molecule has 1 heterocycles. The number of carbonyl (C=O) groups is 2. The second-order valence-corrected chi connectivity index (χ2v) is 5.95. The average Bonchev–Trinajstić information content (AvgIpc) is 3.15. The molecule has 0 saturated carbocycles. The first-order valence-corrected chi connectivity index (χ1v) is 8.48. The minimum atomic E-state index is -0.749. The number of hydrogen-bond acceptors (Lipinski definition) is 4. The standard InChI is InChI=1S/C20H17F2N3O3/c1-23-20(27)12-2-5-14(6-3-12)25-18(26)8-9-19-24-11-17(28-19)15-7-4-13(21)10-16(15)22/h2-7,10-11H,8-9H2,1H3,(H,23,27)(H,25,26). The topological polar surface area (TPSA) is 84.2 Å². The highest BCUT2D eigenvalue weighted by atomic mass is 19.1. The lowest BCUT2D eigenvalue weighted by molar-refractivity contribution is -0.116. The van der Waals surface area contributed by atoms with Crippen LogP contribution in [0.25, 0.3) is 11.3 Å². The Balaban J connectivity index is 1.56. The van der Waals surface area contributed by atoms with Gasteiger partial charge in [-0.05, 0) is 36.4 Å². The maximum Gasteiger partial charge on any atom is 0.251 e. The van der Waals surface area contributed by atoms with Crippen LogP contribution >= 0.6 is 0 Å². The SMILES string of the molecule is CNC(=O)c1ccc(NC(=O)CCc2ncc(-c3ccc(F)cc3F)o2)cc1. The van der Waals surface area contributed by atoms with E-state index in [2.05, 4.69) is 15.6 Å². The smallest absolute Gasteiger partial charge is 0.251 e. The zero-order valence-electron chi connectivity index (χ0n) is 15.0. The summed E-state index contributed by atoms with van der Waals surface area (Å²) in [6, 6.07) is 9.62. The third-order valence-electron chi connectivity index (χ3n) is 3.97. The molecule has 1 aromatic heterocycles. The van der Waals surface area contributed by atoms with E-state index in [9.17, 15) is 18.4 Å². The number of aromatic nitrogens is 1. The number of nitrogens with zero attached hydrogens (tertiary/aromatic N) is 1. The van der Waals surface area contributed by atoms with Crippen LogP contribution < -0.4 is 10.6 Å². The predicted molar refractivity (Wildman–Crippen MR) is 98.6 cm³/mol. The third-order valence-corrected chi connectivity index (χ3v) is 3.97. The molecule has 2 N–H and O–H groups in total. The number of amides is 2. The summed E-state index contributed by atoms with van der Waals surface area (Å²) in [5.74, 6) is -1.47. The van der Waals surface area contributed by atoms with E-state index in [1.165, 1.54) is 19.3 Å². The molecule has 0 aliphatic heterocycles. The highest BCUT2D eigenvalue weighted by molar-refractivity contribution is 5.95. The Morgan fingerprint density at radius 2 is 1.86 bits per heavy atom. The summed E-state index contributed by atoms with van der Waals surface area (Å²) in [5, 5.41) is 5.22. The first kappa shape index (κ1) is 19.2. The first-order valence-electron chi connectivity index (χ1n) is 8.48. The summed E-state index contributed by atoms with van der Waals surface area (Å²) in [5.41, 5.74) is 1.14. The number of carbonyl (C=O) groups excluding carboxylic acids is 2. The van der Waals surface area contributed by atoms with Crippen LogP contribution in [0.4, 0.5) is 14.5 Å². The molecule has 28 heavy (non-hydrogen) atoms. The minimum Gasteiger partial charge on any atom is -0.441 e. The Labute approximate surface area is 159 Å². The summed E-state index contributed by atoms with van der Waals surface area (Å²) < 4.78 is 32.2. The number of rotatable bonds is 6. The van der Waals surface area contributed by atoms with E-state index in [1.807, 2.05) is 0 Å². The Hall–Kier alpha value is -3.55. The van der Waals surface area contributed by atoms with Gasteiger partial charge in [0, 0.05) is 37.2 Å². The second kappa shape index (κ2) is 8.43. The van der Waals surface area contributed by atoms with Crippen LogP contribution in [0.15, 0.2) is 53.1 Å². The molecule has 0 unspecified atom stereocenters. The number of oxazole rings is 1. The molecule has 6 nitrogen and oxygen atoms in total. The zero-order valence-corrected chi connectivity index (χ0v) is 15.0. The van der Waals surface area contributed by atoms with E-state index in [0.29, 0.717) is 11.3 Å². The van der Waals surface area contributed by atoms with Gasteiger partial charge < -0.3 is 15.1 Å². The summed E-state index contributed by atoms with van der Waals surface area (Å²) in [6.45, 7) is 0. The van der Waals surface area contributed by atoms with Crippen LogP contribution in [0, 0.1) is 11.6 Å². The van der Waals surface area contributed by atoms with Gasteiger partial charge in [0.2, 0.25) is 5.91 Å². The van der Waals surface area contributed by atoms with Crippen LogP contribution in [0.5, 0.6) is 0 Å². The van der Waals surface area contributed by atoms with Crippen molar-refractivity contribution in [1.82, 2.24) is 10.3 Å². The molecule has 0 saturated heterocycles. The zero-order chi connectivity index (χ0) is 20.1. The molecular formula is C20H17F2N3O3. The molecule has 2 amide bonds. The molecule has 0 atom stereocenters. The van der Waals surface area contributed by atoms with E-state index in [1.54, 1.807) is 24.3 Å². The number of anilines is 1. The molecule has 0 aliphatic carbocycles. The Morgan fingerprint density at radius 3 is 2.54 bits per heavy atom. The van der Waals surface area contributed by atoms with Gasteiger partial charge in [0.15, 0.2) is 11.7 Å². The maximum absolute atomic E-state index is 13.8. The number of hydrogen-bond donors (Lipinski definition) is 2. The molecule has 0 aliphatic rings. The summed E-state index contributed by atoms with van der Waals surface area (Å²) in [7, 11) is 1.54. The van der Waals surface area contributed by atoms with Gasteiger partial charge >= 0.3 is 0 Å². The molecule has 2 aromatic carbocycles. The lowest BCUT2D eigenvalue weighted by Gasteiger charge is -2.05.